The second-order valence-corrected chi connectivity index (χ2v) is 2.99. The van der Waals surface area contributed by atoms with Crippen molar-refractivity contribution < 1.29 is 13.9 Å². The van der Waals surface area contributed by atoms with Gasteiger partial charge in [0.15, 0.2) is 0 Å². The zero-order valence-electron chi connectivity index (χ0n) is 9.02. The van der Waals surface area contributed by atoms with Crippen LogP contribution in [0.5, 0.6) is 0 Å². The fourth-order valence-corrected chi connectivity index (χ4v) is 1.09. The van der Waals surface area contributed by atoms with Crippen LogP contribution in [0.25, 0.3) is 6.08 Å². The van der Waals surface area contributed by atoms with E-state index in [0.717, 1.165) is 0 Å². The van der Waals surface area contributed by atoms with Gasteiger partial charge in [-0.2, -0.15) is 0 Å². The molecule has 1 aromatic rings. The summed E-state index contributed by atoms with van der Waals surface area (Å²) in [6, 6.07) is 6.41. The van der Waals surface area contributed by atoms with Gasteiger partial charge in [-0.15, -0.1) is 0 Å². The van der Waals surface area contributed by atoms with E-state index in [1.165, 1.54) is 18.2 Å². The molecule has 1 aromatic carbocycles. The van der Waals surface area contributed by atoms with Gasteiger partial charge in [0, 0.05) is 11.6 Å². The predicted molar refractivity (Wildman–Crippen MR) is 61.2 cm³/mol. The van der Waals surface area contributed by atoms with E-state index in [0.29, 0.717) is 12.2 Å². The van der Waals surface area contributed by atoms with Gasteiger partial charge in [-0.1, -0.05) is 36.4 Å². The first-order valence-electron chi connectivity index (χ1n) is 5.00. The molecule has 16 heavy (non-hydrogen) atoms. The van der Waals surface area contributed by atoms with Gasteiger partial charge in [0.25, 0.3) is 0 Å². The van der Waals surface area contributed by atoms with Crippen LogP contribution < -0.4 is 0 Å². The molecule has 0 fully saturated rings. The lowest BCUT2D eigenvalue weighted by Gasteiger charge is -1.94. The lowest BCUT2D eigenvalue weighted by Crippen LogP contribution is -1.98. The molecule has 0 unspecified atom stereocenters. The Balaban J connectivity index is 2.55. The van der Waals surface area contributed by atoms with Crippen LogP contribution in [0.2, 0.25) is 0 Å². The Hall–Kier alpha value is -1.90. The molecular weight excluding hydrogens is 207 g/mol. The van der Waals surface area contributed by atoms with E-state index in [1.807, 2.05) is 0 Å². The normalized spacial score (nSPS) is 11.1. The topological polar surface area (TPSA) is 26.3 Å². The van der Waals surface area contributed by atoms with Crippen molar-refractivity contribution in [2.24, 2.45) is 0 Å². The number of hydrogen-bond acceptors (Lipinski definition) is 2. The smallest absolute Gasteiger partial charge is 0.330 e. The molecule has 0 saturated carbocycles. The lowest BCUT2D eigenvalue weighted by molar-refractivity contribution is -0.137. The van der Waals surface area contributed by atoms with Crippen LogP contribution in [0.4, 0.5) is 4.39 Å². The molecule has 0 radical (unpaired) electrons. The quantitative estimate of drug-likeness (QED) is 0.443. The Labute approximate surface area is 94.0 Å². The lowest BCUT2D eigenvalue weighted by atomic mass is 10.2. The van der Waals surface area contributed by atoms with Gasteiger partial charge in [-0.05, 0) is 13.0 Å². The van der Waals surface area contributed by atoms with Gasteiger partial charge >= 0.3 is 5.97 Å². The fourth-order valence-electron chi connectivity index (χ4n) is 1.09. The van der Waals surface area contributed by atoms with E-state index in [-0.39, 0.29) is 5.82 Å². The average molecular weight is 220 g/mol. The molecule has 0 aromatic heterocycles. The highest BCUT2D eigenvalue weighted by molar-refractivity contribution is 5.82. The van der Waals surface area contributed by atoms with Crippen LogP contribution >= 0.6 is 0 Å². The minimum Gasteiger partial charge on any atom is -0.463 e. The molecule has 0 aliphatic rings. The zero-order chi connectivity index (χ0) is 11.8. The summed E-state index contributed by atoms with van der Waals surface area (Å²) in [5.41, 5.74) is 0.482. The fraction of sp³-hybridized carbons (Fsp3) is 0.154. The first-order chi connectivity index (χ1) is 7.74. The first kappa shape index (κ1) is 12.2. The standard InChI is InChI=1S/C13H13FO2/c1-2-16-13(15)10-6-4-8-11-7-3-5-9-12(11)14/h3-10H,2H2,1H3/b8-4+,10-6+. The van der Waals surface area contributed by atoms with Gasteiger partial charge < -0.3 is 4.74 Å². The van der Waals surface area contributed by atoms with Gasteiger partial charge in [0.2, 0.25) is 0 Å². The molecule has 1 rings (SSSR count). The summed E-state index contributed by atoms with van der Waals surface area (Å²) >= 11 is 0. The van der Waals surface area contributed by atoms with Crippen LogP contribution in [0.3, 0.4) is 0 Å². The Bertz CT molecular complexity index is 408. The van der Waals surface area contributed by atoms with Crippen LogP contribution in [-0.4, -0.2) is 12.6 Å². The highest BCUT2D eigenvalue weighted by Gasteiger charge is 1.94. The maximum atomic E-state index is 13.1. The molecule has 0 saturated heterocycles. The summed E-state index contributed by atoms with van der Waals surface area (Å²) in [6.45, 7) is 2.08. The van der Waals surface area contributed by atoms with E-state index in [1.54, 1.807) is 37.3 Å². The summed E-state index contributed by atoms with van der Waals surface area (Å²) in [6.07, 6.45) is 5.99. The molecule has 0 aliphatic heterocycles. The largest absolute Gasteiger partial charge is 0.463 e. The van der Waals surface area contributed by atoms with Crippen molar-refractivity contribution in [3.63, 3.8) is 0 Å². The van der Waals surface area contributed by atoms with Crippen molar-refractivity contribution >= 4 is 12.0 Å². The van der Waals surface area contributed by atoms with E-state index in [9.17, 15) is 9.18 Å². The third kappa shape index (κ3) is 4.09. The molecule has 0 heterocycles. The summed E-state index contributed by atoms with van der Waals surface area (Å²) in [4.78, 5) is 10.9. The number of halogens is 1. The number of rotatable bonds is 4. The van der Waals surface area contributed by atoms with Crippen LogP contribution in [0.15, 0.2) is 42.5 Å². The van der Waals surface area contributed by atoms with E-state index in [4.69, 9.17) is 0 Å². The first-order valence-corrected chi connectivity index (χ1v) is 5.00. The maximum Gasteiger partial charge on any atom is 0.330 e. The van der Waals surface area contributed by atoms with Gasteiger partial charge in [-0.25, -0.2) is 9.18 Å². The Morgan fingerprint density at radius 3 is 2.81 bits per heavy atom. The third-order valence-corrected chi connectivity index (χ3v) is 1.81. The maximum absolute atomic E-state index is 13.1. The van der Waals surface area contributed by atoms with E-state index < -0.39 is 5.97 Å². The van der Waals surface area contributed by atoms with Crippen molar-refractivity contribution in [3.05, 3.63) is 53.9 Å². The number of esters is 1. The number of allylic oxidation sites excluding steroid dienone is 2. The molecular formula is C13H13FO2. The number of ether oxygens (including phenoxy) is 1. The molecule has 2 nitrogen and oxygen atoms in total. The Morgan fingerprint density at radius 2 is 2.12 bits per heavy atom. The van der Waals surface area contributed by atoms with Crippen LogP contribution in [0, 0.1) is 5.82 Å². The van der Waals surface area contributed by atoms with Crippen LogP contribution in [0.1, 0.15) is 12.5 Å². The minimum absolute atomic E-state index is 0.289. The summed E-state index contributed by atoms with van der Waals surface area (Å²) in [5, 5.41) is 0. The Morgan fingerprint density at radius 1 is 1.38 bits per heavy atom. The van der Waals surface area contributed by atoms with Crippen molar-refractivity contribution in [2.75, 3.05) is 6.61 Å². The van der Waals surface area contributed by atoms with Crippen molar-refractivity contribution in [1.82, 2.24) is 0 Å². The van der Waals surface area contributed by atoms with Gasteiger partial charge in [0.1, 0.15) is 5.82 Å². The average Bonchev–Trinajstić information content (AvgIpc) is 2.27. The van der Waals surface area contributed by atoms with Gasteiger partial charge in [-0.3, -0.25) is 0 Å². The number of benzene rings is 1. The number of carbonyl (C=O) groups excluding carboxylic acids is 1. The molecule has 0 spiro atoms. The number of hydrogen-bond donors (Lipinski definition) is 0. The highest BCUT2D eigenvalue weighted by Crippen LogP contribution is 2.07. The van der Waals surface area contributed by atoms with Crippen molar-refractivity contribution in [3.8, 4) is 0 Å². The molecule has 84 valence electrons. The van der Waals surface area contributed by atoms with E-state index in [2.05, 4.69) is 4.74 Å². The predicted octanol–water partition coefficient (Wildman–Crippen LogP) is 2.96. The van der Waals surface area contributed by atoms with Crippen molar-refractivity contribution in [1.29, 1.82) is 0 Å². The van der Waals surface area contributed by atoms with Crippen molar-refractivity contribution in [2.45, 2.75) is 6.92 Å². The summed E-state index contributed by atoms with van der Waals surface area (Å²) < 4.78 is 17.8. The molecule has 0 aliphatic carbocycles. The molecule has 0 bridgehead atoms. The summed E-state index contributed by atoms with van der Waals surface area (Å²) in [5.74, 6) is -0.691. The second-order valence-electron chi connectivity index (χ2n) is 2.99. The molecule has 0 amide bonds. The Kier molecular flexibility index (Phi) is 4.99. The second kappa shape index (κ2) is 6.56. The number of carbonyl (C=O) groups is 1. The molecule has 0 atom stereocenters. The zero-order valence-corrected chi connectivity index (χ0v) is 9.02. The minimum atomic E-state index is -0.402. The third-order valence-electron chi connectivity index (χ3n) is 1.81. The SMILES string of the molecule is CCOC(=O)/C=C/C=C/c1ccccc1F. The summed E-state index contributed by atoms with van der Waals surface area (Å²) in [7, 11) is 0. The monoisotopic (exact) mass is 220 g/mol. The van der Waals surface area contributed by atoms with E-state index >= 15 is 0 Å². The molecule has 0 N–H and O–H groups in total. The van der Waals surface area contributed by atoms with Gasteiger partial charge in [0.05, 0.1) is 6.61 Å². The molecule has 3 heteroatoms. The highest BCUT2D eigenvalue weighted by atomic mass is 19.1. The van der Waals surface area contributed by atoms with Crippen LogP contribution in [-0.2, 0) is 9.53 Å².